The fraction of sp³-hybridized carbons (Fsp3) is 0.421. The first-order valence-corrected chi connectivity index (χ1v) is 8.67. The maximum absolute atomic E-state index is 12.4. The van der Waals surface area contributed by atoms with Gasteiger partial charge in [0.15, 0.2) is 0 Å². The van der Waals surface area contributed by atoms with Crippen LogP contribution in [0.25, 0.3) is 0 Å². The van der Waals surface area contributed by atoms with Crippen LogP contribution in [0, 0.1) is 6.92 Å². The quantitative estimate of drug-likeness (QED) is 0.845. The summed E-state index contributed by atoms with van der Waals surface area (Å²) in [5.41, 5.74) is 2.29. The third-order valence-electron chi connectivity index (χ3n) is 4.50. The van der Waals surface area contributed by atoms with Crippen molar-refractivity contribution in [3.05, 3.63) is 47.3 Å². The van der Waals surface area contributed by atoms with Crippen LogP contribution in [0.3, 0.4) is 0 Å². The van der Waals surface area contributed by atoms with E-state index in [2.05, 4.69) is 20.6 Å². The van der Waals surface area contributed by atoms with Crippen molar-refractivity contribution in [1.29, 1.82) is 0 Å². The van der Waals surface area contributed by atoms with Gasteiger partial charge in [-0.25, -0.2) is 9.97 Å². The molecule has 0 unspecified atom stereocenters. The van der Waals surface area contributed by atoms with Crippen molar-refractivity contribution in [2.45, 2.75) is 45.2 Å². The van der Waals surface area contributed by atoms with Crippen LogP contribution in [-0.2, 0) is 6.54 Å². The van der Waals surface area contributed by atoms with Crippen molar-refractivity contribution in [2.24, 2.45) is 0 Å². The Kier molecular flexibility index (Phi) is 5.48. The van der Waals surface area contributed by atoms with Gasteiger partial charge in [0.05, 0.1) is 18.4 Å². The molecule has 25 heavy (non-hydrogen) atoms. The van der Waals surface area contributed by atoms with E-state index in [9.17, 15) is 4.79 Å². The van der Waals surface area contributed by atoms with Crippen molar-refractivity contribution in [1.82, 2.24) is 15.3 Å². The van der Waals surface area contributed by atoms with Crippen molar-refractivity contribution in [2.75, 3.05) is 12.4 Å². The lowest BCUT2D eigenvalue weighted by Crippen LogP contribution is -2.33. The Labute approximate surface area is 148 Å². The van der Waals surface area contributed by atoms with Gasteiger partial charge < -0.3 is 15.4 Å². The van der Waals surface area contributed by atoms with Gasteiger partial charge in [-0.15, -0.1) is 0 Å². The first-order valence-electron chi connectivity index (χ1n) is 8.67. The maximum atomic E-state index is 12.4. The molecule has 1 aromatic heterocycles. The number of amides is 1. The molecule has 132 valence electrons. The molecular weight excluding hydrogens is 316 g/mol. The molecule has 0 saturated heterocycles. The monoisotopic (exact) mass is 340 g/mol. The molecule has 0 spiro atoms. The summed E-state index contributed by atoms with van der Waals surface area (Å²) in [4.78, 5) is 21.0. The van der Waals surface area contributed by atoms with Gasteiger partial charge in [-0.1, -0.05) is 25.0 Å². The van der Waals surface area contributed by atoms with E-state index in [0.29, 0.717) is 23.8 Å². The van der Waals surface area contributed by atoms with Crippen molar-refractivity contribution >= 4 is 11.9 Å². The van der Waals surface area contributed by atoms with E-state index in [0.717, 1.165) is 24.2 Å². The average molecular weight is 340 g/mol. The molecule has 1 amide bonds. The highest BCUT2D eigenvalue weighted by atomic mass is 16.5. The number of hydrogen-bond acceptors (Lipinski definition) is 5. The van der Waals surface area contributed by atoms with Gasteiger partial charge in [-0.05, 0) is 37.5 Å². The second kappa shape index (κ2) is 7.96. The van der Waals surface area contributed by atoms with Gasteiger partial charge in [-0.3, -0.25) is 4.79 Å². The maximum Gasteiger partial charge on any atom is 0.254 e. The molecule has 1 aliphatic rings. The zero-order valence-electron chi connectivity index (χ0n) is 14.7. The molecular formula is C19H24N4O2. The number of aromatic nitrogens is 2. The summed E-state index contributed by atoms with van der Waals surface area (Å²) in [6.45, 7) is 2.42. The van der Waals surface area contributed by atoms with Crippen molar-refractivity contribution in [3.63, 3.8) is 0 Å². The van der Waals surface area contributed by atoms with Crippen LogP contribution in [0.2, 0.25) is 0 Å². The Morgan fingerprint density at radius 1 is 1.32 bits per heavy atom. The summed E-state index contributed by atoms with van der Waals surface area (Å²) >= 11 is 0. The van der Waals surface area contributed by atoms with Crippen LogP contribution < -0.4 is 15.4 Å². The molecule has 0 aliphatic heterocycles. The molecule has 1 aromatic carbocycles. The van der Waals surface area contributed by atoms with Gasteiger partial charge >= 0.3 is 0 Å². The number of nitrogens with zero attached hydrogens (tertiary/aromatic N) is 2. The molecule has 6 heteroatoms. The second-order valence-corrected chi connectivity index (χ2v) is 6.35. The Hall–Kier alpha value is -2.63. The van der Waals surface area contributed by atoms with Gasteiger partial charge in [0.1, 0.15) is 5.75 Å². The SMILES string of the molecule is COc1cccc(CNc2ncc(C(=O)NC3CCCC3)c(C)n2)c1. The standard InChI is InChI=1S/C19H24N4O2/c1-13-17(18(24)23-15-7-3-4-8-15)12-21-19(22-13)20-11-14-6-5-9-16(10-14)25-2/h5-6,9-10,12,15H,3-4,7-8,11H2,1-2H3,(H,23,24)(H,20,21,22). The van der Waals surface area contributed by atoms with Crippen LogP contribution in [0.15, 0.2) is 30.5 Å². The van der Waals surface area contributed by atoms with Crippen LogP contribution in [0.1, 0.15) is 47.3 Å². The highest BCUT2D eigenvalue weighted by molar-refractivity contribution is 5.95. The van der Waals surface area contributed by atoms with Gasteiger partial charge in [0, 0.05) is 18.8 Å². The predicted molar refractivity (Wildman–Crippen MR) is 96.8 cm³/mol. The number of carbonyl (C=O) groups excluding carboxylic acids is 1. The summed E-state index contributed by atoms with van der Waals surface area (Å²) in [6.07, 6.45) is 6.10. The molecule has 1 heterocycles. The first kappa shape index (κ1) is 17.2. The highest BCUT2D eigenvalue weighted by Crippen LogP contribution is 2.19. The summed E-state index contributed by atoms with van der Waals surface area (Å²) < 4.78 is 5.22. The Bertz CT molecular complexity index is 742. The van der Waals surface area contributed by atoms with E-state index in [4.69, 9.17) is 4.74 Å². The largest absolute Gasteiger partial charge is 0.497 e. The molecule has 0 bridgehead atoms. The van der Waals surface area contributed by atoms with E-state index in [-0.39, 0.29) is 11.9 Å². The Morgan fingerprint density at radius 3 is 2.84 bits per heavy atom. The number of aryl methyl sites for hydroxylation is 1. The topological polar surface area (TPSA) is 76.1 Å². The van der Waals surface area contributed by atoms with Gasteiger partial charge in [-0.2, -0.15) is 0 Å². The molecule has 2 aromatic rings. The lowest BCUT2D eigenvalue weighted by Gasteiger charge is -2.13. The molecule has 1 aliphatic carbocycles. The number of hydrogen-bond donors (Lipinski definition) is 2. The number of rotatable bonds is 6. The van der Waals surface area contributed by atoms with Crippen LogP contribution in [0.4, 0.5) is 5.95 Å². The number of carbonyl (C=O) groups is 1. The predicted octanol–water partition coefficient (Wildman–Crippen LogP) is 3.08. The van der Waals surface area contributed by atoms with E-state index in [1.807, 2.05) is 31.2 Å². The molecule has 2 N–H and O–H groups in total. The van der Waals surface area contributed by atoms with Gasteiger partial charge in [0.25, 0.3) is 5.91 Å². The van der Waals surface area contributed by atoms with Crippen LogP contribution >= 0.6 is 0 Å². The smallest absolute Gasteiger partial charge is 0.254 e. The summed E-state index contributed by atoms with van der Waals surface area (Å²) in [5, 5.41) is 6.26. The van der Waals surface area contributed by atoms with Crippen LogP contribution in [-0.4, -0.2) is 29.0 Å². The average Bonchev–Trinajstić information content (AvgIpc) is 3.13. The van der Waals surface area contributed by atoms with Crippen molar-refractivity contribution in [3.8, 4) is 5.75 Å². The third-order valence-corrected chi connectivity index (χ3v) is 4.50. The number of methoxy groups -OCH3 is 1. The normalized spacial score (nSPS) is 14.3. The molecule has 1 fully saturated rings. The van der Waals surface area contributed by atoms with E-state index >= 15 is 0 Å². The first-order chi connectivity index (χ1) is 12.2. The lowest BCUT2D eigenvalue weighted by atomic mass is 10.2. The fourth-order valence-corrected chi connectivity index (χ4v) is 3.07. The molecule has 6 nitrogen and oxygen atoms in total. The molecule has 3 rings (SSSR count). The molecule has 0 atom stereocenters. The minimum Gasteiger partial charge on any atom is -0.497 e. The third kappa shape index (κ3) is 4.47. The summed E-state index contributed by atoms with van der Waals surface area (Å²) in [6, 6.07) is 8.10. The lowest BCUT2D eigenvalue weighted by molar-refractivity contribution is 0.0936. The van der Waals surface area contributed by atoms with E-state index in [1.54, 1.807) is 13.3 Å². The number of benzene rings is 1. The Morgan fingerprint density at radius 2 is 2.12 bits per heavy atom. The molecule has 1 saturated carbocycles. The minimum atomic E-state index is -0.0799. The van der Waals surface area contributed by atoms with E-state index in [1.165, 1.54) is 12.8 Å². The zero-order valence-corrected chi connectivity index (χ0v) is 14.7. The van der Waals surface area contributed by atoms with Crippen molar-refractivity contribution < 1.29 is 9.53 Å². The fourth-order valence-electron chi connectivity index (χ4n) is 3.07. The zero-order chi connectivity index (χ0) is 17.6. The molecule has 0 radical (unpaired) electrons. The number of nitrogens with one attached hydrogen (secondary N) is 2. The summed E-state index contributed by atoms with van der Waals surface area (Å²) in [5.74, 6) is 1.25. The minimum absolute atomic E-state index is 0.0799. The highest BCUT2D eigenvalue weighted by Gasteiger charge is 2.19. The number of anilines is 1. The van der Waals surface area contributed by atoms with Crippen LogP contribution in [0.5, 0.6) is 5.75 Å². The van der Waals surface area contributed by atoms with Gasteiger partial charge in [0.2, 0.25) is 5.95 Å². The Balaban J connectivity index is 1.61. The number of ether oxygens (including phenoxy) is 1. The second-order valence-electron chi connectivity index (χ2n) is 6.35. The van der Waals surface area contributed by atoms with E-state index < -0.39 is 0 Å². The summed E-state index contributed by atoms with van der Waals surface area (Å²) in [7, 11) is 1.65.